The zero-order valence-corrected chi connectivity index (χ0v) is 33.1. The third-order valence-corrected chi connectivity index (χ3v) is 13.8. The molecule has 3 fully saturated rings. The van der Waals surface area contributed by atoms with E-state index in [4.69, 9.17) is 21.1 Å². The number of allylic oxidation sites excluding steroid dienone is 2. The number of carboxylic acids is 1. The van der Waals surface area contributed by atoms with Crippen molar-refractivity contribution in [3.63, 3.8) is 0 Å². The highest BCUT2D eigenvalue weighted by Gasteiger charge is 2.67. The van der Waals surface area contributed by atoms with Gasteiger partial charge in [-0.1, -0.05) is 50.9 Å². The second-order valence-electron chi connectivity index (χ2n) is 16.8. The highest BCUT2D eigenvalue weighted by Crippen LogP contribution is 2.74. The first-order valence-electron chi connectivity index (χ1n) is 18.0. The van der Waals surface area contributed by atoms with Gasteiger partial charge < -0.3 is 29.7 Å². The number of ether oxygens (including phenoxy) is 2. The summed E-state index contributed by atoms with van der Waals surface area (Å²) in [5, 5.41) is 31.5. The van der Waals surface area contributed by atoms with E-state index in [0.717, 1.165) is 62.5 Å². The molecule has 4 aliphatic rings. The Bertz CT molecular complexity index is 1660. The minimum Gasteiger partial charge on any atom is -0.504 e. The Hall–Kier alpha value is -2.94. The number of rotatable bonds is 7. The summed E-state index contributed by atoms with van der Waals surface area (Å²) in [4.78, 5) is 25.5. The number of benzene rings is 2. The quantitative estimate of drug-likeness (QED) is 0.146. The van der Waals surface area contributed by atoms with E-state index < -0.39 is 11.4 Å². The summed E-state index contributed by atoms with van der Waals surface area (Å²) in [6.07, 6.45) is 10.0. The fourth-order valence-corrected chi connectivity index (χ4v) is 10.1. The van der Waals surface area contributed by atoms with Crippen molar-refractivity contribution in [3.05, 3.63) is 63.7 Å². The molecule has 0 heterocycles. The second kappa shape index (κ2) is 14.8. The van der Waals surface area contributed by atoms with Crippen molar-refractivity contribution in [2.24, 2.45) is 27.6 Å². The van der Waals surface area contributed by atoms with Crippen LogP contribution in [0.4, 0.5) is 0 Å². The number of phenols is 2. The van der Waals surface area contributed by atoms with E-state index in [0.29, 0.717) is 29.8 Å². The topological polar surface area (TPSA) is 117 Å². The van der Waals surface area contributed by atoms with E-state index >= 15 is 0 Å². The SMILES string of the molecule is CN(C)CCOC(=O)COc1ccc(Cl)cc1.Cc1c(O)c(O)cc2c1CC=C1C2(C)CCC2(C)C3CC(C)(C(=O)O)CCC3(C)CCC12C.Cl. The molecule has 3 saturated carbocycles. The smallest absolute Gasteiger partial charge is 0.344 e. The van der Waals surface area contributed by atoms with Gasteiger partial charge in [-0.05, 0) is 148 Å². The first-order valence-corrected chi connectivity index (χ1v) is 18.4. The maximum absolute atomic E-state index is 12.3. The third kappa shape index (κ3) is 7.34. The van der Waals surface area contributed by atoms with Crippen molar-refractivity contribution in [3.8, 4) is 17.2 Å². The first-order chi connectivity index (χ1) is 23.3. The average Bonchev–Trinajstić information content (AvgIpc) is 3.06. The summed E-state index contributed by atoms with van der Waals surface area (Å²) in [6.45, 7) is 14.5. The number of hydrogen-bond donors (Lipinski definition) is 3. The number of aromatic hydroxyl groups is 2. The fourth-order valence-electron chi connectivity index (χ4n) is 9.95. The molecule has 6 rings (SSSR count). The van der Waals surface area contributed by atoms with Gasteiger partial charge in [-0.3, -0.25) is 4.79 Å². The van der Waals surface area contributed by atoms with Gasteiger partial charge in [0.1, 0.15) is 12.4 Å². The van der Waals surface area contributed by atoms with Crippen LogP contribution in [0, 0.1) is 34.5 Å². The fraction of sp³-hybridized carbons (Fsp3) is 0.610. The van der Waals surface area contributed by atoms with Crippen LogP contribution in [0.25, 0.3) is 0 Å². The number of likely N-dealkylation sites (N-methyl/N-ethyl adjacent to an activating group) is 1. The standard InChI is InChI=1S/C29H40O4.C12H16ClNO3.ClH/c1-17-18-7-8-21-27(4,19(18)15-20(30)23(17)31)12-14-29(6)22-16-26(3,24(32)33)10-9-25(22,2)11-13-28(21,29)5;1-14(2)7-8-16-12(15)9-17-11-5-3-10(13)4-6-11;/h8,15,22,30-31H,7,9-14,16H2,1-6H3,(H,32,33);3-6H,7-9H2,1-2H3;1H. The lowest BCUT2D eigenvalue weighted by Crippen LogP contribution is -2.62. The summed E-state index contributed by atoms with van der Waals surface area (Å²) >= 11 is 5.72. The zero-order chi connectivity index (χ0) is 36.9. The molecule has 3 N–H and O–H groups in total. The van der Waals surface area contributed by atoms with E-state index in [-0.39, 0.29) is 58.1 Å². The van der Waals surface area contributed by atoms with Crippen LogP contribution in [0.5, 0.6) is 17.2 Å². The summed E-state index contributed by atoms with van der Waals surface area (Å²) in [5.41, 5.74) is 4.00. The summed E-state index contributed by atoms with van der Waals surface area (Å²) in [7, 11) is 3.83. The predicted molar refractivity (Wildman–Crippen MR) is 203 cm³/mol. The number of carboxylic acid groups (broad SMARTS) is 1. The number of halogens is 2. The van der Waals surface area contributed by atoms with Gasteiger partial charge in [0, 0.05) is 17.0 Å². The molecular formula is C41H57Cl2NO7. The van der Waals surface area contributed by atoms with Crippen LogP contribution in [0.2, 0.25) is 5.02 Å². The second-order valence-corrected chi connectivity index (χ2v) is 17.3. The van der Waals surface area contributed by atoms with Gasteiger partial charge in [0.2, 0.25) is 0 Å². The molecule has 2 aromatic rings. The van der Waals surface area contributed by atoms with Crippen LogP contribution in [-0.4, -0.2) is 66.0 Å². The number of hydrogen-bond acceptors (Lipinski definition) is 7. The molecule has 0 spiro atoms. The van der Waals surface area contributed by atoms with E-state index in [1.54, 1.807) is 24.3 Å². The lowest BCUT2D eigenvalue weighted by atomic mass is 9.34. The van der Waals surface area contributed by atoms with Crippen LogP contribution in [0.15, 0.2) is 42.0 Å². The summed E-state index contributed by atoms with van der Waals surface area (Å²) < 4.78 is 10.2. The molecule has 51 heavy (non-hydrogen) atoms. The number of phenolic OH excluding ortho intramolecular Hbond substituents is 2. The van der Waals surface area contributed by atoms with Crippen LogP contribution >= 0.6 is 24.0 Å². The van der Waals surface area contributed by atoms with Crippen LogP contribution in [0.3, 0.4) is 0 Å². The Kier molecular flexibility index (Phi) is 11.9. The van der Waals surface area contributed by atoms with E-state index in [1.807, 2.05) is 38.9 Å². The first kappa shape index (κ1) is 40.8. The molecule has 0 aliphatic heterocycles. The number of esters is 1. The Morgan fingerprint density at radius 1 is 0.961 bits per heavy atom. The molecule has 4 aliphatic carbocycles. The Morgan fingerprint density at radius 2 is 1.61 bits per heavy atom. The minimum atomic E-state index is -0.641. The van der Waals surface area contributed by atoms with Gasteiger partial charge >= 0.3 is 11.9 Å². The number of carbonyl (C=O) groups is 2. The molecule has 10 heteroatoms. The normalized spacial score (nSPS) is 32.0. The minimum absolute atomic E-state index is 0. The van der Waals surface area contributed by atoms with Gasteiger partial charge in [-0.15, -0.1) is 12.4 Å². The van der Waals surface area contributed by atoms with Crippen molar-refractivity contribution in [2.75, 3.05) is 33.9 Å². The molecule has 0 bridgehead atoms. The summed E-state index contributed by atoms with van der Waals surface area (Å²) in [5.74, 6) is -0.0589. The lowest BCUT2D eigenvalue weighted by molar-refractivity contribution is -0.177. The van der Waals surface area contributed by atoms with Crippen molar-refractivity contribution in [2.45, 2.75) is 98.3 Å². The van der Waals surface area contributed by atoms with Crippen LogP contribution in [-0.2, 0) is 26.2 Å². The highest BCUT2D eigenvalue weighted by atomic mass is 35.5. The van der Waals surface area contributed by atoms with Gasteiger partial charge in [0.15, 0.2) is 18.1 Å². The van der Waals surface area contributed by atoms with Crippen LogP contribution < -0.4 is 4.74 Å². The highest BCUT2D eigenvalue weighted by molar-refractivity contribution is 6.30. The van der Waals surface area contributed by atoms with E-state index in [1.165, 1.54) is 11.1 Å². The molecule has 2 aromatic carbocycles. The maximum atomic E-state index is 12.3. The van der Waals surface area contributed by atoms with E-state index in [2.05, 4.69) is 33.8 Å². The maximum Gasteiger partial charge on any atom is 0.344 e. The largest absolute Gasteiger partial charge is 0.504 e. The predicted octanol–water partition coefficient (Wildman–Crippen LogP) is 8.89. The summed E-state index contributed by atoms with van der Waals surface area (Å²) in [6, 6.07) is 8.62. The number of nitrogens with zero attached hydrogens (tertiary/aromatic N) is 1. The number of fused-ring (bicyclic) bond motifs is 7. The van der Waals surface area contributed by atoms with Crippen molar-refractivity contribution < 1.29 is 34.4 Å². The molecule has 0 aromatic heterocycles. The molecule has 8 nitrogen and oxygen atoms in total. The monoisotopic (exact) mass is 745 g/mol. The van der Waals surface area contributed by atoms with Crippen molar-refractivity contribution in [1.29, 1.82) is 0 Å². The number of carbonyl (C=O) groups excluding carboxylic acids is 1. The van der Waals surface area contributed by atoms with Crippen molar-refractivity contribution >= 4 is 35.9 Å². The zero-order valence-electron chi connectivity index (χ0n) is 31.5. The molecule has 0 radical (unpaired) electrons. The van der Waals surface area contributed by atoms with E-state index in [9.17, 15) is 24.9 Å². The van der Waals surface area contributed by atoms with Gasteiger partial charge in [-0.25, -0.2) is 4.79 Å². The molecular weight excluding hydrogens is 689 g/mol. The van der Waals surface area contributed by atoms with Gasteiger partial charge in [0.25, 0.3) is 0 Å². The molecule has 6 unspecified atom stereocenters. The Labute approximate surface area is 315 Å². The van der Waals surface area contributed by atoms with Crippen molar-refractivity contribution in [1.82, 2.24) is 4.90 Å². The van der Waals surface area contributed by atoms with Gasteiger partial charge in [0.05, 0.1) is 5.41 Å². The molecule has 0 amide bonds. The third-order valence-electron chi connectivity index (χ3n) is 13.6. The average molecular weight is 747 g/mol. The van der Waals surface area contributed by atoms with Gasteiger partial charge in [-0.2, -0.15) is 0 Å². The van der Waals surface area contributed by atoms with Crippen LogP contribution in [0.1, 0.15) is 96.3 Å². The lowest BCUT2D eigenvalue weighted by Gasteiger charge is -2.69. The number of aliphatic carboxylic acids is 1. The Morgan fingerprint density at radius 3 is 2.24 bits per heavy atom. The molecule has 0 saturated heterocycles. The Balaban J connectivity index is 0.000000276. The molecule has 282 valence electrons. The molecule has 6 atom stereocenters.